The van der Waals surface area contributed by atoms with Gasteiger partial charge >= 0.3 is 0 Å². The van der Waals surface area contributed by atoms with Gasteiger partial charge in [0, 0.05) is 6.54 Å². The van der Waals surface area contributed by atoms with E-state index in [-0.39, 0.29) is 5.75 Å². The molecule has 0 fully saturated rings. The minimum Gasteiger partial charge on any atom is -0.507 e. The number of benzene rings is 1. The van der Waals surface area contributed by atoms with Crippen LogP contribution in [-0.2, 0) is 6.54 Å². The summed E-state index contributed by atoms with van der Waals surface area (Å²) in [5.74, 6) is 0.239. The zero-order chi connectivity index (χ0) is 8.27. The second-order valence-corrected chi connectivity index (χ2v) is 3.22. The number of halogens is 2. The van der Waals surface area contributed by atoms with Crippen LogP contribution in [0, 0.1) is 0 Å². The second kappa shape index (κ2) is 3.95. The highest BCUT2D eigenvalue weighted by Crippen LogP contribution is 2.24. The van der Waals surface area contributed by atoms with E-state index in [4.69, 9.17) is 16.9 Å². The number of hydrogen-bond acceptors (Lipinski definition) is 2. The summed E-state index contributed by atoms with van der Waals surface area (Å²) in [6, 6.07) is 5.23. The van der Waals surface area contributed by atoms with Gasteiger partial charge in [0.2, 0.25) is 0 Å². The fraction of sp³-hybridized carbons (Fsp3) is 0.143. The highest BCUT2D eigenvalue weighted by Gasteiger charge is 1.97. The minimum absolute atomic E-state index is 0.239. The van der Waals surface area contributed by atoms with E-state index in [1.807, 2.05) is 6.07 Å². The molecule has 0 saturated carbocycles. The number of phenols is 1. The van der Waals surface area contributed by atoms with Crippen molar-refractivity contribution in [2.24, 2.45) is 0 Å². The summed E-state index contributed by atoms with van der Waals surface area (Å²) in [4.78, 5) is 2.50. The molecule has 0 spiro atoms. The molecule has 0 heterocycles. The first kappa shape index (κ1) is 8.84. The van der Waals surface area contributed by atoms with Crippen LogP contribution in [0.1, 0.15) is 5.56 Å². The van der Waals surface area contributed by atoms with E-state index in [1.54, 1.807) is 12.1 Å². The average molecular weight is 236 g/mol. The lowest BCUT2D eigenvalue weighted by Gasteiger charge is -2.00. The summed E-state index contributed by atoms with van der Waals surface area (Å²) in [5.41, 5.74) is 1.02. The SMILES string of the molecule is Oc1ccc(CNCl)cc1Br. The van der Waals surface area contributed by atoms with Gasteiger partial charge in [0.1, 0.15) is 5.75 Å². The first-order chi connectivity index (χ1) is 5.24. The van der Waals surface area contributed by atoms with Crippen molar-refractivity contribution in [3.63, 3.8) is 0 Å². The number of hydrogen-bond donors (Lipinski definition) is 2. The Morgan fingerprint density at radius 2 is 2.27 bits per heavy atom. The van der Waals surface area contributed by atoms with Crippen molar-refractivity contribution < 1.29 is 5.11 Å². The summed E-state index contributed by atoms with van der Waals surface area (Å²) in [7, 11) is 0. The van der Waals surface area contributed by atoms with Gasteiger partial charge in [-0.05, 0) is 45.4 Å². The Hall–Kier alpha value is -0.250. The molecular weight excluding hydrogens is 229 g/mol. The predicted molar refractivity (Wildman–Crippen MR) is 48.5 cm³/mol. The second-order valence-electron chi connectivity index (χ2n) is 2.10. The molecule has 0 aliphatic carbocycles. The van der Waals surface area contributed by atoms with Gasteiger partial charge in [-0.3, -0.25) is 0 Å². The third-order valence-electron chi connectivity index (χ3n) is 1.28. The molecule has 0 aliphatic heterocycles. The molecule has 0 unspecified atom stereocenters. The molecule has 4 heteroatoms. The lowest BCUT2D eigenvalue weighted by molar-refractivity contribution is 0.471. The summed E-state index contributed by atoms with van der Waals surface area (Å²) in [5, 5.41) is 9.11. The van der Waals surface area contributed by atoms with E-state index in [1.165, 1.54) is 0 Å². The summed E-state index contributed by atoms with van der Waals surface area (Å²) in [6.07, 6.45) is 0. The molecule has 0 atom stereocenters. The van der Waals surface area contributed by atoms with Crippen molar-refractivity contribution in [3.05, 3.63) is 28.2 Å². The molecule has 1 aromatic carbocycles. The van der Waals surface area contributed by atoms with Crippen LogP contribution in [0.4, 0.5) is 0 Å². The van der Waals surface area contributed by atoms with E-state index in [0.29, 0.717) is 11.0 Å². The lowest BCUT2D eigenvalue weighted by Crippen LogP contribution is -1.97. The summed E-state index contributed by atoms with van der Waals surface area (Å²) < 4.78 is 0.682. The van der Waals surface area contributed by atoms with Gasteiger partial charge in [-0.25, -0.2) is 4.84 Å². The van der Waals surface area contributed by atoms with E-state index in [2.05, 4.69) is 20.8 Å². The standard InChI is InChI=1S/C7H7BrClNO/c8-6-3-5(4-10-9)1-2-7(6)11/h1-3,10-11H,4H2. The summed E-state index contributed by atoms with van der Waals surface area (Å²) >= 11 is 8.50. The van der Waals surface area contributed by atoms with Crippen molar-refractivity contribution in [1.82, 2.24) is 4.84 Å². The van der Waals surface area contributed by atoms with Gasteiger partial charge < -0.3 is 5.11 Å². The van der Waals surface area contributed by atoms with Crippen LogP contribution in [0.15, 0.2) is 22.7 Å². The molecule has 2 N–H and O–H groups in total. The van der Waals surface area contributed by atoms with Crippen LogP contribution in [-0.4, -0.2) is 5.11 Å². The van der Waals surface area contributed by atoms with E-state index >= 15 is 0 Å². The van der Waals surface area contributed by atoms with Gasteiger partial charge in [0.05, 0.1) is 4.47 Å². The zero-order valence-electron chi connectivity index (χ0n) is 5.64. The molecule has 1 aromatic rings. The molecular formula is C7H7BrClNO. The quantitative estimate of drug-likeness (QED) is 0.773. The number of phenolic OH excluding ortho intramolecular Hbond substituents is 1. The Balaban J connectivity index is 2.86. The van der Waals surface area contributed by atoms with Crippen LogP contribution >= 0.6 is 27.7 Å². The maximum Gasteiger partial charge on any atom is 0.129 e. The number of nitrogens with one attached hydrogen (secondary N) is 1. The van der Waals surface area contributed by atoms with Crippen molar-refractivity contribution in [1.29, 1.82) is 0 Å². The average Bonchev–Trinajstić information content (AvgIpc) is 1.98. The third-order valence-corrected chi connectivity index (χ3v) is 2.05. The van der Waals surface area contributed by atoms with Crippen LogP contribution in [0.5, 0.6) is 5.75 Å². The fourth-order valence-corrected chi connectivity index (χ4v) is 1.32. The van der Waals surface area contributed by atoms with Gasteiger partial charge in [0.15, 0.2) is 0 Å². The third kappa shape index (κ3) is 2.36. The Bertz CT molecular complexity index is 254. The fourth-order valence-electron chi connectivity index (χ4n) is 0.738. The molecule has 60 valence electrons. The Morgan fingerprint density at radius 1 is 1.55 bits per heavy atom. The minimum atomic E-state index is 0.239. The van der Waals surface area contributed by atoms with Gasteiger partial charge in [0.25, 0.3) is 0 Å². The molecule has 1 rings (SSSR count). The maximum absolute atomic E-state index is 9.11. The Labute approximate surface area is 78.4 Å². The highest BCUT2D eigenvalue weighted by molar-refractivity contribution is 9.10. The van der Waals surface area contributed by atoms with Gasteiger partial charge in [-0.15, -0.1) is 0 Å². The molecule has 0 radical (unpaired) electrons. The largest absolute Gasteiger partial charge is 0.507 e. The van der Waals surface area contributed by atoms with E-state index < -0.39 is 0 Å². The number of aromatic hydroxyl groups is 1. The molecule has 0 amide bonds. The zero-order valence-corrected chi connectivity index (χ0v) is 7.98. The van der Waals surface area contributed by atoms with Crippen LogP contribution in [0.3, 0.4) is 0 Å². The summed E-state index contributed by atoms with van der Waals surface area (Å²) in [6.45, 7) is 0.584. The molecule has 0 aliphatic rings. The molecule has 0 aromatic heterocycles. The monoisotopic (exact) mass is 235 g/mol. The topological polar surface area (TPSA) is 32.3 Å². The van der Waals surface area contributed by atoms with Crippen LogP contribution < -0.4 is 4.84 Å². The highest BCUT2D eigenvalue weighted by atomic mass is 79.9. The predicted octanol–water partition coefficient (Wildman–Crippen LogP) is 2.40. The number of rotatable bonds is 2. The molecule has 2 nitrogen and oxygen atoms in total. The van der Waals surface area contributed by atoms with E-state index in [9.17, 15) is 0 Å². The lowest BCUT2D eigenvalue weighted by atomic mass is 10.2. The van der Waals surface area contributed by atoms with Crippen molar-refractivity contribution in [2.45, 2.75) is 6.54 Å². The normalized spacial score (nSPS) is 10.0. The Morgan fingerprint density at radius 3 is 2.82 bits per heavy atom. The van der Waals surface area contributed by atoms with Gasteiger partial charge in [-0.1, -0.05) is 6.07 Å². The van der Waals surface area contributed by atoms with Crippen molar-refractivity contribution in [2.75, 3.05) is 0 Å². The van der Waals surface area contributed by atoms with Crippen molar-refractivity contribution in [3.8, 4) is 5.75 Å². The maximum atomic E-state index is 9.11. The molecule has 0 bridgehead atoms. The van der Waals surface area contributed by atoms with Gasteiger partial charge in [-0.2, -0.15) is 0 Å². The van der Waals surface area contributed by atoms with Crippen LogP contribution in [0.2, 0.25) is 0 Å². The molecule has 0 saturated heterocycles. The van der Waals surface area contributed by atoms with Crippen molar-refractivity contribution >= 4 is 27.7 Å². The first-order valence-electron chi connectivity index (χ1n) is 3.05. The first-order valence-corrected chi connectivity index (χ1v) is 4.22. The van der Waals surface area contributed by atoms with E-state index in [0.717, 1.165) is 5.56 Å². The Kier molecular flexibility index (Phi) is 3.17. The van der Waals surface area contributed by atoms with Crippen LogP contribution in [0.25, 0.3) is 0 Å². The smallest absolute Gasteiger partial charge is 0.129 e. The molecule has 11 heavy (non-hydrogen) atoms.